The Morgan fingerprint density at radius 2 is 2.21 bits per heavy atom. The Bertz CT molecular complexity index is 490. The highest BCUT2D eigenvalue weighted by Gasteiger charge is 2.30. The molecule has 1 saturated carbocycles. The number of hydrogen-bond donors (Lipinski definition) is 1. The topological polar surface area (TPSA) is 71.3 Å². The van der Waals surface area contributed by atoms with Crippen molar-refractivity contribution in [3.63, 3.8) is 0 Å². The second-order valence-electron chi connectivity index (χ2n) is 4.49. The van der Waals surface area contributed by atoms with Gasteiger partial charge in [-0.3, -0.25) is 4.79 Å². The summed E-state index contributed by atoms with van der Waals surface area (Å²) in [7, 11) is 1.67. The average molecular weight is 260 g/mol. The lowest BCUT2D eigenvalue weighted by atomic mass is 9.89. The summed E-state index contributed by atoms with van der Waals surface area (Å²) >= 11 is 0. The van der Waals surface area contributed by atoms with E-state index in [1.807, 2.05) is 6.07 Å². The summed E-state index contributed by atoms with van der Waals surface area (Å²) in [4.78, 5) is 11.7. The van der Waals surface area contributed by atoms with Crippen molar-refractivity contribution in [1.82, 2.24) is 5.32 Å². The van der Waals surface area contributed by atoms with E-state index in [4.69, 9.17) is 14.7 Å². The highest BCUT2D eigenvalue weighted by atomic mass is 16.5. The van der Waals surface area contributed by atoms with Gasteiger partial charge < -0.3 is 14.8 Å². The van der Waals surface area contributed by atoms with Gasteiger partial charge in [0.2, 0.25) is 0 Å². The number of amides is 1. The lowest BCUT2D eigenvalue weighted by molar-refractivity contribution is -0.125. The molecule has 0 aromatic heterocycles. The van der Waals surface area contributed by atoms with E-state index >= 15 is 0 Å². The number of para-hydroxylation sites is 1. The molecular formula is C14H16N2O3. The van der Waals surface area contributed by atoms with Gasteiger partial charge in [-0.05, 0) is 25.0 Å². The smallest absolute Gasteiger partial charge is 0.258 e. The summed E-state index contributed by atoms with van der Waals surface area (Å²) < 4.78 is 10.5. The fourth-order valence-electron chi connectivity index (χ4n) is 1.97. The van der Waals surface area contributed by atoms with Crippen LogP contribution in [-0.2, 0) is 9.53 Å². The van der Waals surface area contributed by atoms with Crippen LogP contribution in [-0.4, -0.2) is 31.8 Å². The van der Waals surface area contributed by atoms with Gasteiger partial charge in [-0.25, -0.2) is 0 Å². The Labute approximate surface area is 112 Å². The molecule has 19 heavy (non-hydrogen) atoms. The lowest BCUT2D eigenvalue weighted by Crippen LogP contribution is -2.48. The minimum Gasteiger partial charge on any atom is -0.482 e. The fraction of sp³-hybridized carbons (Fsp3) is 0.429. The van der Waals surface area contributed by atoms with E-state index in [1.165, 1.54) is 0 Å². The molecule has 0 atom stereocenters. The molecule has 0 saturated heterocycles. The molecule has 1 N–H and O–H groups in total. The maximum absolute atomic E-state index is 11.7. The third-order valence-corrected chi connectivity index (χ3v) is 3.16. The van der Waals surface area contributed by atoms with E-state index in [0.717, 1.165) is 12.8 Å². The van der Waals surface area contributed by atoms with Crippen molar-refractivity contribution in [3.8, 4) is 11.8 Å². The van der Waals surface area contributed by atoms with E-state index in [9.17, 15) is 4.79 Å². The van der Waals surface area contributed by atoms with Crippen LogP contribution in [0.2, 0.25) is 0 Å². The molecule has 1 aliphatic rings. The highest BCUT2D eigenvalue weighted by Crippen LogP contribution is 2.22. The Kier molecular flexibility index (Phi) is 4.37. The number of nitrogens with one attached hydrogen (secondary N) is 1. The number of carbonyl (C=O) groups excluding carboxylic acids is 1. The number of ether oxygens (including phenoxy) is 2. The lowest BCUT2D eigenvalue weighted by Gasteiger charge is -2.34. The first-order valence-corrected chi connectivity index (χ1v) is 6.17. The number of nitrogens with zero attached hydrogens (tertiary/aromatic N) is 1. The number of methoxy groups -OCH3 is 1. The molecule has 0 aliphatic heterocycles. The van der Waals surface area contributed by atoms with Crippen molar-refractivity contribution in [2.45, 2.75) is 25.0 Å². The first kappa shape index (κ1) is 13.4. The van der Waals surface area contributed by atoms with Crippen molar-refractivity contribution in [3.05, 3.63) is 29.8 Å². The molecule has 100 valence electrons. The predicted octanol–water partition coefficient (Wildman–Crippen LogP) is 1.23. The second-order valence-corrected chi connectivity index (χ2v) is 4.49. The summed E-state index contributed by atoms with van der Waals surface area (Å²) in [5.74, 6) is 0.260. The highest BCUT2D eigenvalue weighted by molar-refractivity contribution is 5.78. The molecule has 1 aliphatic carbocycles. The van der Waals surface area contributed by atoms with Crippen LogP contribution >= 0.6 is 0 Å². The molecule has 1 aromatic rings. The third kappa shape index (κ3) is 3.46. The number of hydrogen-bond acceptors (Lipinski definition) is 4. The minimum atomic E-state index is -0.174. The van der Waals surface area contributed by atoms with Gasteiger partial charge in [0.25, 0.3) is 5.91 Å². The number of carbonyl (C=O) groups is 1. The Morgan fingerprint density at radius 1 is 1.47 bits per heavy atom. The normalized spacial score (nSPS) is 21.1. The van der Waals surface area contributed by atoms with Crippen LogP contribution < -0.4 is 10.1 Å². The molecule has 0 heterocycles. The van der Waals surface area contributed by atoms with Crippen LogP contribution in [0.25, 0.3) is 0 Å². The second kappa shape index (κ2) is 6.21. The standard InChI is InChI=1S/C14H16N2O3/c1-18-12-6-11(7-12)16-14(17)9-19-13-5-3-2-4-10(13)8-15/h2-5,11-12H,6-7,9H2,1H3,(H,16,17). The number of rotatable bonds is 5. The average Bonchev–Trinajstić information content (AvgIpc) is 2.40. The quantitative estimate of drug-likeness (QED) is 0.864. The molecule has 2 rings (SSSR count). The van der Waals surface area contributed by atoms with E-state index in [0.29, 0.717) is 11.3 Å². The summed E-state index contributed by atoms with van der Waals surface area (Å²) in [6, 6.07) is 9.05. The minimum absolute atomic E-state index is 0.0765. The van der Waals surface area contributed by atoms with Crippen LogP contribution in [0.4, 0.5) is 0 Å². The maximum atomic E-state index is 11.7. The van der Waals surface area contributed by atoms with Gasteiger partial charge in [0.15, 0.2) is 6.61 Å². The molecule has 0 bridgehead atoms. The molecule has 0 spiro atoms. The molecule has 0 radical (unpaired) electrons. The van der Waals surface area contributed by atoms with Crippen molar-refractivity contribution in [1.29, 1.82) is 5.26 Å². The van der Waals surface area contributed by atoms with Crippen molar-refractivity contribution < 1.29 is 14.3 Å². The summed E-state index contributed by atoms with van der Waals surface area (Å²) in [6.07, 6.45) is 1.94. The van der Waals surface area contributed by atoms with Gasteiger partial charge in [0, 0.05) is 13.2 Å². The van der Waals surface area contributed by atoms with Crippen molar-refractivity contribution >= 4 is 5.91 Å². The van der Waals surface area contributed by atoms with Gasteiger partial charge in [-0.1, -0.05) is 12.1 Å². The third-order valence-electron chi connectivity index (χ3n) is 3.16. The first-order valence-electron chi connectivity index (χ1n) is 6.17. The summed E-state index contributed by atoms with van der Waals surface area (Å²) in [6.45, 7) is -0.0765. The van der Waals surface area contributed by atoms with E-state index in [2.05, 4.69) is 5.32 Å². The predicted molar refractivity (Wildman–Crippen MR) is 68.6 cm³/mol. The van der Waals surface area contributed by atoms with Crippen LogP contribution in [0.1, 0.15) is 18.4 Å². The van der Waals surface area contributed by atoms with Crippen LogP contribution in [0, 0.1) is 11.3 Å². The Morgan fingerprint density at radius 3 is 2.89 bits per heavy atom. The molecular weight excluding hydrogens is 244 g/mol. The molecule has 0 unspecified atom stereocenters. The van der Waals surface area contributed by atoms with Gasteiger partial charge in [-0.15, -0.1) is 0 Å². The van der Waals surface area contributed by atoms with Crippen LogP contribution in [0.3, 0.4) is 0 Å². The maximum Gasteiger partial charge on any atom is 0.258 e. The van der Waals surface area contributed by atoms with Gasteiger partial charge in [-0.2, -0.15) is 5.26 Å². The molecule has 1 fully saturated rings. The van der Waals surface area contributed by atoms with E-state index < -0.39 is 0 Å². The van der Waals surface area contributed by atoms with Crippen molar-refractivity contribution in [2.24, 2.45) is 0 Å². The number of benzene rings is 1. The summed E-state index contributed by atoms with van der Waals surface area (Å²) in [5, 5.41) is 11.7. The van der Waals surface area contributed by atoms with Gasteiger partial charge >= 0.3 is 0 Å². The van der Waals surface area contributed by atoms with E-state index in [-0.39, 0.29) is 24.7 Å². The molecule has 1 amide bonds. The zero-order valence-corrected chi connectivity index (χ0v) is 10.8. The zero-order chi connectivity index (χ0) is 13.7. The van der Waals surface area contributed by atoms with Crippen LogP contribution in [0.15, 0.2) is 24.3 Å². The largest absolute Gasteiger partial charge is 0.482 e. The van der Waals surface area contributed by atoms with Gasteiger partial charge in [0.1, 0.15) is 11.8 Å². The SMILES string of the molecule is COC1CC(NC(=O)COc2ccccc2C#N)C1. The monoisotopic (exact) mass is 260 g/mol. The molecule has 5 heteroatoms. The van der Waals surface area contributed by atoms with Crippen molar-refractivity contribution in [2.75, 3.05) is 13.7 Å². The number of nitriles is 1. The molecule has 1 aromatic carbocycles. The van der Waals surface area contributed by atoms with Gasteiger partial charge in [0.05, 0.1) is 11.7 Å². The zero-order valence-electron chi connectivity index (χ0n) is 10.8. The van der Waals surface area contributed by atoms with Crippen LogP contribution in [0.5, 0.6) is 5.75 Å². The Balaban J connectivity index is 1.76. The van der Waals surface area contributed by atoms with E-state index in [1.54, 1.807) is 31.4 Å². The Hall–Kier alpha value is -2.06. The fourth-order valence-corrected chi connectivity index (χ4v) is 1.97. The summed E-state index contributed by atoms with van der Waals surface area (Å²) in [5.41, 5.74) is 0.429. The first-order chi connectivity index (χ1) is 9.22. The molecule has 5 nitrogen and oxygen atoms in total.